The molecule has 1 aliphatic rings. The van der Waals surface area contributed by atoms with Crippen LogP contribution in [0.2, 0.25) is 0 Å². The highest BCUT2D eigenvalue weighted by Gasteiger charge is 2.28. The third-order valence-electron chi connectivity index (χ3n) is 4.24. The summed E-state index contributed by atoms with van der Waals surface area (Å²) < 4.78 is 2.18. The van der Waals surface area contributed by atoms with Gasteiger partial charge in [0.2, 0.25) is 0 Å². The van der Waals surface area contributed by atoms with Gasteiger partial charge >= 0.3 is 11.8 Å². The summed E-state index contributed by atoms with van der Waals surface area (Å²) in [5.74, 6) is -0.706. The van der Waals surface area contributed by atoms with Crippen LogP contribution < -0.4 is 5.32 Å². The van der Waals surface area contributed by atoms with Crippen LogP contribution in [0.4, 0.5) is 5.69 Å². The van der Waals surface area contributed by atoms with Crippen LogP contribution in [-0.2, 0) is 16.1 Å². The molecule has 1 aromatic carbocycles. The molecule has 24 heavy (non-hydrogen) atoms. The van der Waals surface area contributed by atoms with Crippen LogP contribution in [-0.4, -0.2) is 45.6 Å². The molecule has 0 radical (unpaired) electrons. The molecule has 0 spiro atoms. The minimum atomic E-state index is -0.662. The van der Waals surface area contributed by atoms with E-state index >= 15 is 0 Å². The normalized spacial score (nSPS) is 17.7. The molecule has 128 valence electrons. The van der Waals surface area contributed by atoms with E-state index in [1.807, 2.05) is 30.5 Å². The topological polar surface area (TPSA) is 74.6 Å². The van der Waals surface area contributed by atoms with Crippen molar-refractivity contribution in [3.05, 3.63) is 30.5 Å². The lowest BCUT2D eigenvalue weighted by Gasteiger charge is -2.15. The van der Waals surface area contributed by atoms with Crippen LogP contribution in [0.5, 0.6) is 0 Å². The molecule has 2 heterocycles. The number of amides is 2. The zero-order valence-electron chi connectivity index (χ0n) is 14.0. The number of rotatable bonds is 3. The summed E-state index contributed by atoms with van der Waals surface area (Å²) in [5, 5.41) is 13.2. The van der Waals surface area contributed by atoms with E-state index < -0.39 is 17.9 Å². The van der Waals surface area contributed by atoms with Crippen molar-refractivity contribution in [3.8, 4) is 0 Å². The molecule has 1 atom stereocenters. The Morgan fingerprint density at radius 2 is 2.12 bits per heavy atom. The van der Waals surface area contributed by atoms with Crippen molar-refractivity contribution in [2.24, 2.45) is 5.92 Å². The maximum Gasteiger partial charge on any atom is 0.313 e. The number of carbonyl (C=O) groups excluding carboxylic acids is 2. The quantitative estimate of drug-likeness (QED) is 0.844. The number of hydrogen-bond donors (Lipinski definition) is 2. The van der Waals surface area contributed by atoms with E-state index in [1.165, 1.54) is 4.90 Å². The van der Waals surface area contributed by atoms with Crippen molar-refractivity contribution in [3.63, 3.8) is 0 Å². The number of nitrogens with one attached hydrogen (secondary N) is 1. The molecule has 1 aromatic heterocycles. The molecule has 1 saturated heterocycles. The van der Waals surface area contributed by atoms with Gasteiger partial charge in [0.05, 0.1) is 6.10 Å². The Bertz CT molecular complexity index is 766. The van der Waals surface area contributed by atoms with Crippen LogP contribution in [0.3, 0.4) is 0 Å². The maximum atomic E-state index is 12.1. The highest BCUT2D eigenvalue weighted by Crippen LogP contribution is 2.22. The Balaban J connectivity index is 1.71. The van der Waals surface area contributed by atoms with Gasteiger partial charge in [0, 0.05) is 42.4 Å². The van der Waals surface area contributed by atoms with Crippen LogP contribution in [0.25, 0.3) is 10.9 Å². The number of aliphatic hydroxyl groups is 1. The fourth-order valence-electron chi connectivity index (χ4n) is 3.08. The first-order chi connectivity index (χ1) is 11.4. The van der Waals surface area contributed by atoms with Gasteiger partial charge in [-0.2, -0.15) is 0 Å². The van der Waals surface area contributed by atoms with Crippen molar-refractivity contribution in [2.45, 2.75) is 32.9 Å². The highest BCUT2D eigenvalue weighted by atomic mass is 16.3. The summed E-state index contributed by atoms with van der Waals surface area (Å²) in [6.45, 7) is 5.92. The Morgan fingerprint density at radius 1 is 1.33 bits per heavy atom. The smallest absolute Gasteiger partial charge is 0.313 e. The minimum absolute atomic E-state index is 0.226. The number of likely N-dealkylation sites (tertiary alicyclic amines) is 1. The van der Waals surface area contributed by atoms with E-state index in [4.69, 9.17) is 0 Å². The summed E-state index contributed by atoms with van der Waals surface area (Å²) in [5.41, 5.74) is 1.71. The molecule has 1 fully saturated rings. The second-order valence-corrected chi connectivity index (χ2v) is 6.78. The molecule has 2 amide bonds. The SMILES string of the molecule is CC(C)Cn1ccc2cc(NC(=O)C(=O)N3CC[C@@H](O)C3)ccc21. The lowest BCUT2D eigenvalue weighted by Crippen LogP contribution is -2.38. The Labute approximate surface area is 141 Å². The maximum absolute atomic E-state index is 12.1. The van der Waals surface area contributed by atoms with E-state index in [2.05, 4.69) is 23.7 Å². The van der Waals surface area contributed by atoms with Gasteiger partial charge in [0.1, 0.15) is 0 Å². The van der Waals surface area contributed by atoms with Crippen molar-refractivity contribution in [1.82, 2.24) is 9.47 Å². The predicted octanol–water partition coefficient (Wildman–Crippen LogP) is 1.83. The van der Waals surface area contributed by atoms with Gasteiger partial charge in [-0.3, -0.25) is 9.59 Å². The zero-order valence-corrected chi connectivity index (χ0v) is 14.0. The third kappa shape index (κ3) is 3.43. The van der Waals surface area contributed by atoms with E-state index in [9.17, 15) is 14.7 Å². The first-order valence-corrected chi connectivity index (χ1v) is 8.31. The van der Waals surface area contributed by atoms with Crippen molar-refractivity contribution >= 4 is 28.4 Å². The van der Waals surface area contributed by atoms with Gasteiger partial charge < -0.3 is 19.9 Å². The first kappa shape index (κ1) is 16.5. The molecule has 1 aliphatic heterocycles. The number of aliphatic hydroxyl groups excluding tert-OH is 1. The molecule has 2 N–H and O–H groups in total. The molecule has 0 unspecified atom stereocenters. The van der Waals surface area contributed by atoms with Crippen molar-refractivity contribution in [2.75, 3.05) is 18.4 Å². The standard InChI is InChI=1S/C18H23N3O3/c1-12(2)10-20-7-5-13-9-14(3-4-16(13)20)19-17(23)18(24)21-8-6-15(22)11-21/h3-5,7,9,12,15,22H,6,8,10-11H2,1-2H3,(H,19,23)/t15-/m1/s1. The van der Waals surface area contributed by atoms with E-state index in [0.29, 0.717) is 24.6 Å². The lowest BCUT2D eigenvalue weighted by atomic mass is 10.2. The first-order valence-electron chi connectivity index (χ1n) is 8.31. The Hall–Kier alpha value is -2.34. The van der Waals surface area contributed by atoms with Gasteiger partial charge in [-0.1, -0.05) is 13.8 Å². The highest BCUT2D eigenvalue weighted by molar-refractivity contribution is 6.39. The van der Waals surface area contributed by atoms with Gasteiger partial charge in [-0.15, -0.1) is 0 Å². The molecule has 3 rings (SSSR count). The second kappa shape index (κ2) is 6.65. The van der Waals surface area contributed by atoms with E-state index in [0.717, 1.165) is 17.4 Å². The number of aromatic nitrogens is 1. The van der Waals surface area contributed by atoms with Gasteiger partial charge in [0.15, 0.2) is 0 Å². The number of benzene rings is 1. The molecule has 6 heteroatoms. The largest absolute Gasteiger partial charge is 0.391 e. The summed E-state index contributed by atoms with van der Waals surface area (Å²) >= 11 is 0. The number of carbonyl (C=O) groups is 2. The monoisotopic (exact) mass is 329 g/mol. The number of β-amino-alcohol motifs (C(OH)–C–C–N with tert-alkyl or cyclic N) is 1. The molecule has 0 aliphatic carbocycles. The molecular weight excluding hydrogens is 306 g/mol. The van der Waals surface area contributed by atoms with Crippen LogP contribution in [0.1, 0.15) is 20.3 Å². The van der Waals surface area contributed by atoms with Crippen molar-refractivity contribution < 1.29 is 14.7 Å². The summed E-state index contributed by atoms with van der Waals surface area (Å²) in [4.78, 5) is 25.6. The number of hydrogen-bond acceptors (Lipinski definition) is 3. The van der Waals surface area contributed by atoms with Gasteiger partial charge in [0.25, 0.3) is 0 Å². The average molecular weight is 329 g/mol. The summed E-state index contributed by atoms with van der Waals surface area (Å²) in [6.07, 6.45) is 2.03. The molecular formula is C18H23N3O3. The van der Waals surface area contributed by atoms with Gasteiger partial charge in [-0.05, 0) is 36.6 Å². The van der Waals surface area contributed by atoms with E-state index in [-0.39, 0.29) is 6.54 Å². The van der Waals surface area contributed by atoms with Gasteiger partial charge in [-0.25, -0.2) is 0 Å². The number of nitrogens with zero attached hydrogens (tertiary/aromatic N) is 2. The third-order valence-corrected chi connectivity index (χ3v) is 4.24. The summed E-state index contributed by atoms with van der Waals surface area (Å²) in [6, 6.07) is 7.64. The minimum Gasteiger partial charge on any atom is -0.391 e. The fraction of sp³-hybridized carbons (Fsp3) is 0.444. The lowest BCUT2D eigenvalue weighted by molar-refractivity contribution is -0.142. The second-order valence-electron chi connectivity index (χ2n) is 6.78. The molecule has 6 nitrogen and oxygen atoms in total. The molecule has 0 bridgehead atoms. The molecule has 2 aromatic rings. The van der Waals surface area contributed by atoms with Crippen molar-refractivity contribution in [1.29, 1.82) is 0 Å². The Morgan fingerprint density at radius 3 is 2.79 bits per heavy atom. The molecule has 0 saturated carbocycles. The average Bonchev–Trinajstić information content (AvgIpc) is 3.12. The van der Waals surface area contributed by atoms with Crippen LogP contribution in [0.15, 0.2) is 30.5 Å². The van der Waals surface area contributed by atoms with Crippen LogP contribution >= 0.6 is 0 Å². The predicted molar refractivity (Wildman–Crippen MR) is 92.6 cm³/mol. The fourth-order valence-corrected chi connectivity index (χ4v) is 3.08. The van der Waals surface area contributed by atoms with E-state index in [1.54, 1.807) is 0 Å². The van der Waals surface area contributed by atoms with Crippen LogP contribution in [0, 0.1) is 5.92 Å². The Kier molecular flexibility index (Phi) is 4.57. The number of anilines is 1. The summed E-state index contributed by atoms with van der Waals surface area (Å²) in [7, 11) is 0. The number of fused-ring (bicyclic) bond motifs is 1. The zero-order chi connectivity index (χ0) is 17.3.